The minimum Gasteiger partial charge on any atom is -0.482 e. The van der Waals surface area contributed by atoms with Crippen molar-refractivity contribution in [3.05, 3.63) is 203 Å². The summed E-state index contributed by atoms with van der Waals surface area (Å²) in [4.78, 5) is 32.2. The van der Waals surface area contributed by atoms with Gasteiger partial charge in [0.1, 0.15) is 13.2 Å². The molecule has 0 fully saturated rings. The third-order valence-corrected chi connectivity index (χ3v) is 8.96. The van der Waals surface area contributed by atoms with Crippen LogP contribution in [0.3, 0.4) is 0 Å². The molecule has 2 aromatic heterocycles. The number of isothiocyanates is 1. The number of hydrogen-bond donors (Lipinski definition) is 1. The quantitative estimate of drug-likeness (QED) is 0.0479. The second-order valence-corrected chi connectivity index (χ2v) is 13.3. The summed E-state index contributed by atoms with van der Waals surface area (Å²) in [5, 5.41) is 11.4. The number of aromatic nitrogens is 2. The van der Waals surface area contributed by atoms with E-state index >= 15 is 0 Å². The van der Waals surface area contributed by atoms with E-state index in [1.54, 1.807) is 24.5 Å². The van der Waals surface area contributed by atoms with Crippen molar-refractivity contribution in [1.29, 1.82) is 0 Å². The largest absolute Gasteiger partial charge is 0.482 e. The molecule has 0 amide bonds. The van der Waals surface area contributed by atoms with Gasteiger partial charge in [-0.1, -0.05) is 130 Å². The van der Waals surface area contributed by atoms with Crippen molar-refractivity contribution in [2.45, 2.75) is 66.3 Å². The second kappa shape index (κ2) is 26.1. The molecule has 57 heavy (non-hydrogen) atoms. The highest BCUT2D eigenvalue weighted by atomic mass is 32.1. The third-order valence-electron chi connectivity index (χ3n) is 8.51. The number of carbonyl (C=O) groups excluding carboxylic acids is 2. The Morgan fingerprint density at radius 1 is 0.702 bits per heavy atom. The van der Waals surface area contributed by atoms with Crippen LogP contribution in [0.2, 0.25) is 0 Å². The molecule has 1 N–H and O–H groups in total. The number of hydrogen-bond acceptors (Lipinski definition) is 8. The van der Waals surface area contributed by atoms with Gasteiger partial charge in [0, 0.05) is 65.2 Å². The fourth-order valence-electron chi connectivity index (χ4n) is 5.27. The van der Waals surface area contributed by atoms with E-state index in [-0.39, 0.29) is 25.6 Å². The minimum atomic E-state index is 0. The summed E-state index contributed by atoms with van der Waals surface area (Å²) >= 11 is 9.90. The zero-order valence-corrected chi connectivity index (χ0v) is 33.1. The van der Waals surface area contributed by atoms with Gasteiger partial charge in [0.05, 0.1) is 18.3 Å². The van der Waals surface area contributed by atoms with E-state index in [0.717, 1.165) is 35.2 Å². The van der Waals surface area contributed by atoms with Crippen molar-refractivity contribution < 1.29 is 24.0 Å². The maximum atomic E-state index is 12.5. The Kier molecular flexibility index (Phi) is 20.9. The summed E-state index contributed by atoms with van der Waals surface area (Å²) in [5.41, 5.74) is 6.95. The summed E-state index contributed by atoms with van der Waals surface area (Å²) in [6.45, 7) is 4.35. The number of aliphatic imine (C=N–C) groups is 1. The molecule has 0 aliphatic carbocycles. The molecule has 292 valence electrons. The van der Waals surface area contributed by atoms with Crippen molar-refractivity contribution in [2.75, 3.05) is 0 Å². The number of carbonyl (C=O) groups is 2. The smallest absolute Gasteiger partial charge is 0.193 e. The highest BCUT2D eigenvalue weighted by Crippen LogP contribution is 2.14. The molecule has 0 saturated heterocycles. The number of ketones is 2. The average molecular weight is 797 g/mol. The number of pyridine rings is 2. The number of aliphatic hydroxyl groups excluding tert-OH is 1. The van der Waals surface area contributed by atoms with Crippen LogP contribution >= 0.6 is 24.4 Å². The Morgan fingerprint density at radius 3 is 1.68 bits per heavy atom. The lowest BCUT2D eigenvalue weighted by molar-refractivity contribution is -0.697. The summed E-state index contributed by atoms with van der Waals surface area (Å²) < 4.78 is 7.95. The van der Waals surface area contributed by atoms with Crippen molar-refractivity contribution >= 4 is 46.2 Å². The zero-order valence-electron chi connectivity index (χ0n) is 31.5. The number of unbranched alkanes of at least 4 members (excludes halogenated alkanes) is 1. The van der Waals surface area contributed by atoms with Gasteiger partial charge in [-0.05, 0) is 59.7 Å². The van der Waals surface area contributed by atoms with Gasteiger partial charge in [-0.15, -0.1) is 0 Å². The zero-order chi connectivity index (χ0) is 39.8. The van der Waals surface area contributed by atoms with Crippen molar-refractivity contribution in [3.63, 3.8) is 0 Å². The molecule has 4 aromatic carbocycles. The number of aliphatic hydroxyl groups is 1. The first kappa shape index (κ1) is 45.6. The number of thiocarbonyl (C=S) groups is 2. The van der Waals surface area contributed by atoms with Crippen LogP contribution in [-0.4, -0.2) is 31.9 Å². The van der Waals surface area contributed by atoms with E-state index in [4.69, 9.17) is 22.1 Å². The Bertz CT molecular complexity index is 2120. The third kappa shape index (κ3) is 16.4. The lowest BCUT2D eigenvalue weighted by Gasteiger charge is -2.08. The lowest BCUT2D eigenvalue weighted by Crippen LogP contribution is -2.32. The molecule has 2 heterocycles. The average Bonchev–Trinajstić information content (AvgIpc) is 3.27. The predicted octanol–water partition coefficient (Wildman–Crippen LogP) is 10.2. The van der Waals surface area contributed by atoms with Gasteiger partial charge in [-0.2, -0.15) is 0 Å². The minimum absolute atomic E-state index is 0. The maximum Gasteiger partial charge on any atom is 0.193 e. The Morgan fingerprint density at radius 2 is 1.21 bits per heavy atom. The first-order chi connectivity index (χ1) is 27.4. The predicted molar refractivity (Wildman–Crippen MR) is 236 cm³/mol. The topological polar surface area (TPSA) is 92.7 Å². The highest BCUT2D eigenvalue weighted by molar-refractivity contribution is 7.80. The van der Waals surface area contributed by atoms with E-state index in [0.29, 0.717) is 46.9 Å². The molecule has 9 heteroatoms. The molecule has 0 atom stereocenters. The lowest BCUT2D eigenvalue weighted by atomic mass is 10.0. The molecule has 7 nitrogen and oxygen atoms in total. The van der Waals surface area contributed by atoms with Gasteiger partial charge in [0.25, 0.3) is 0 Å². The fourth-order valence-corrected chi connectivity index (χ4v) is 5.49. The van der Waals surface area contributed by atoms with Gasteiger partial charge in [0.15, 0.2) is 29.0 Å². The molecule has 0 bridgehead atoms. The van der Waals surface area contributed by atoms with E-state index in [2.05, 4.69) is 63.4 Å². The van der Waals surface area contributed by atoms with Gasteiger partial charge in [-0.25, -0.2) is 9.56 Å². The van der Waals surface area contributed by atoms with Crippen LogP contribution in [0.1, 0.15) is 87.7 Å². The van der Waals surface area contributed by atoms with Gasteiger partial charge in [0.2, 0.25) is 0 Å². The standard InChI is InChI=1S/C26H28NO2S.C15H11NOS.C6H7NO.CH4/c1-2-3-17-27-18-15-22(16-19-27)20-29-25(30)14-11-21-9-12-24(13-10-21)26(28)23-7-5-4-6-8-23;17-15(13-4-2-1-3-5-13)14-8-6-12(7-9-14)10-16-11-18;8-5-6-1-3-7-4-2-6;/h4-10,12-13,15-16,18-19H,2-3,11,14,17,20H2,1H3;1-9H,10H2;1-4,8H,5H2;1H4/q+1;;;. The summed E-state index contributed by atoms with van der Waals surface area (Å²) in [7, 11) is 0. The number of aryl methyl sites for hydroxylation is 2. The van der Waals surface area contributed by atoms with Crippen LogP contribution in [0.25, 0.3) is 0 Å². The normalized spacial score (nSPS) is 9.86. The van der Waals surface area contributed by atoms with Crippen LogP contribution in [0.5, 0.6) is 0 Å². The van der Waals surface area contributed by atoms with E-state index < -0.39 is 0 Å². The molecule has 0 aliphatic heterocycles. The first-order valence-electron chi connectivity index (χ1n) is 18.4. The van der Waals surface area contributed by atoms with Crippen molar-refractivity contribution in [3.8, 4) is 0 Å². The summed E-state index contributed by atoms with van der Waals surface area (Å²) in [6.07, 6.45) is 11.4. The molecule has 0 saturated carbocycles. The number of rotatable bonds is 15. The first-order valence-corrected chi connectivity index (χ1v) is 19.3. The Hall–Kier alpha value is -5.83. The molecular weight excluding hydrogens is 747 g/mol. The molecule has 0 spiro atoms. The number of benzene rings is 4. The van der Waals surface area contributed by atoms with E-state index in [1.807, 2.05) is 109 Å². The molecular formula is C48H50N3O4S2+. The fraction of sp³-hybridized carbons (Fsp3) is 0.208. The van der Waals surface area contributed by atoms with Crippen LogP contribution in [0, 0.1) is 0 Å². The van der Waals surface area contributed by atoms with Crippen LogP contribution in [0.4, 0.5) is 0 Å². The molecule has 6 aromatic rings. The number of ether oxygens (including phenoxy) is 1. The van der Waals surface area contributed by atoms with Gasteiger partial charge >= 0.3 is 0 Å². The van der Waals surface area contributed by atoms with E-state index in [1.165, 1.54) is 12.8 Å². The molecule has 0 unspecified atom stereocenters. The monoisotopic (exact) mass is 796 g/mol. The number of nitrogens with zero attached hydrogens (tertiary/aromatic N) is 3. The maximum absolute atomic E-state index is 12.5. The highest BCUT2D eigenvalue weighted by Gasteiger charge is 2.10. The van der Waals surface area contributed by atoms with Crippen molar-refractivity contribution in [1.82, 2.24) is 4.98 Å². The van der Waals surface area contributed by atoms with Gasteiger partial charge in [-0.3, -0.25) is 14.6 Å². The van der Waals surface area contributed by atoms with E-state index in [9.17, 15) is 9.59 Å². The SMILES string of the molecule is C.CCCC[n+]1ccc(COC(=S)CCc2ccc(C(=O)c3ccccc3)cc2)cc1.O=C(c1ccccc1)c1ccc(CN=C=S)cc1.OCc1ccncc1. The molecule has 6 rings (SSSR count). The van der Waals surface area contributed by atoms with Crippen molar-refractivity contribution in [2.24, 2.45) is 4.99 Å². The van der Waals surface area contributed by atoms with Crippen LogP contribution in [0.15, 0.2) is 163 Å². The van der Waals surface area contributed by atoms with Crippen LogP contribution in [-0.2, 0) is 37.5 Å². The van der Waals surface area contributed by atoms with Gasteiger partial charge < -0.3 is 9.84 Å². The summed E-state index contributed by atoms with van der Waals surface area (Å²) in [6, 6.07) is 41.4. The molecule has 0 aliphatic rings. The second-order valence-electron chi connectivity index (χ2n) is 12.7. The Labute approximate surface area is 347 Å². The van der Waals surface area contributed by atoms with Crippen LogP contribution < -0.4 is 4.57 Å². The summed E-state index contributed by atoms with van der Waals surface area (Å²) in [5.74, 6) is 0.0698. The molecule has 0 radical (unpaired) electrons. The Balaban J connectivity index is 0.000000271.